The number of ketones is 1. The summed E-state index contributed by atoms with van der Waals surface area (Å²) in [6, 6.07) is -1.19. The first-order valence-electron chi connectivity index (χ1n) is 3.67. The molecule has 6 heteroatoms. The van der Waals surface area contributed by atoms with Gasteiger partial charge in [-0.15, -0.1) is 0 Å². The summed E-state index contributed by atoms with van der Waals surface area (Å²) in [6.45, 7) is 1.73. The van der Waals surface area contributed by atoms with Crippen LogP contribution in [0.1, 0.15) is 13.3 Å². The lowest BCUT2D eigenvalue weighted by atomic mass is 10.1. The van der Waals surface area contributed by atoms with Crippen LogP contribution < -0.4 is 5.73 Å². The van der Waals surface area contributed by atoms with Crippen LogP contribution in [0, 0.1) is 0 Å². The number of aliphatic carboxylic acids is 1. The highest BCUT2D eigenvalue weighted by atomic mass is 16.5. The van der Waals surface area contributed by atoms with Gasteiger partial charge in [0.1, 0.15) is 6.04 Å². The molecule has 1 unspecified atom stereocenters. The molecule has 0 bridgehead atoms. The van der Waals surface area contributed by atoms with Crippen LogP contribution in [-0.2, 0) is 19.1 Å². The van der Waals surface area contributed by atoms with E-state index in [1.165, 1.54) is 0 Å². The minimum atomic E-state index is -1.60. The van der Waals surface area contributed by atoms with E-state index >= 15 is 0 Å². The molecule has 0 heterocycles. The Balaban J connectivity index is 3.99. The highest BCUT2D eigenvalue weighted by Crippen LogP contribution is 1.93. The molecular weight excluding hydrogens is 178 g/mol. The maximum absolute atomic E-state index is 10.8. The highest BCUT2D eigenvalue weighted by Gasteiger charge is 2.22. The second kappa shape index (κ2) is 5.26. The third-order valence-corrected chi connectivity index (χ3v) is 1.23. The first kappa shape index (κ1) is 11.6. The summed E-state index contributed by atoms with van der Waals surface area (Å²) in [5.74, 6) is -3.46. The molecule has 0 aromatic rings. The Bertz CT molecular complexity index is 225. The molecule has 1 atom stereocenters. The molecule has 0 radical (unpaired) electrons. The van der Waals surface area contributed by atoms with Crippen LogP contribution in [0.25, 0.3) is 0 Å². The molecule has 0 spiro atoms. The SMILES string of the molecule is CCOC(=O)C(N)CC(=O)C(=O)O. The van der Waals surface area contributed by atoms with E-state index in [4.69, 9.17) is 10.8 Å². The number of hydrogen-bond donors (Lipinski definition) is 2. The van der Waals surface area contributed by atoms with Crippen LogP contribution in [-0.4, -0.2) is 35.5 Å². The van der Waals surface area contributed by atoms with Gasteiger partial charge in [0.15, 0.2) is 0 Å². The van der Waals surface area contributed by atoms with Gasteiger partial charge < -0.3 is 15.6 Å². The number of hydrogen-bond acceptors (Lipinski definition) is 5. The van der Waals surface area contributed by atoms with E-state index in [1.54, 1.807) is 6.92 Å². The van der Waals surface area contributed by atoms with Gasteiger partial charge in [-0.25, -0.2) is 4.79 Å². The molecule has 0 saturated carbocycles. The molecule has 0 aliphatic heterocycles. The number of rotatable bonds is 5. The maximum Gasteiger partial charge on any atom is 0.372 e. The quantitative estimate of drug-likeness (QED) is 0.421. The number of ether oxygens (including phenoxy) is 1. The minimum Gasteiger partial charge on any atom is -0.476 e. The summed E-state index contributed by atoms with van der Waals surface area (Å²) in [5.41, 5.74) is 5.18. The maximum atomic E-state index is 10.8. The zero-order chi connectivity index (χ0) is 10.4. The Morgan fingerprint density at radius 1 is 1.46 bits per heavy atom. The molecule has 0 saturated heterocycles. The van der Waals surface area contributed by atoms with Crippen molar-refractivity contribution in [2.75, 3.05) is 6.61 Å². The van der Waals surface area contributed by atoms with E-state index in [-0.39, 0.29) is 6.61 Å². The van der Waals surface area contributed by atoms with E-state index in [0.29, 0.717) is 0 Å². The van der Waals surface area contributed by atoms with Gasteiger partial charge in [0.2, 0.25) is 5.78 Å². The summed E-state index contributed by atoms with van der Waals surface area (Å²) in [4.78, 5) is 31.4. The Morgan fingerprint density at radius 3 is 2.38 bits per heavy atom. The number of carbonyl (C=O) groups is 3. The lowest BCUT2D eigenvalue weighted by molar-refractivity contribution is -0.151. The minimum absolute atomic E-state index is 0.147. The van der Waals surface area contributed by atoms with E-state index < -0.39 is 30.2 Å². The van der Waals surface area contributed by atoms with Crippen LogP contribution in [0.3, 0.4) is 0 Å². The van der Waals surface area contributed by atoms with Crippen molar-refractivity contribution in [2.24, 2.45) is 5.73 Å². The molecule has 6 nitrogen and oxygen atoms in total. The van der Waals surface area contributed by atoms with Crippen molar-refractivity contribution in [1.82, 2.24) is 0 Å². The standard InChI is InChI=1S/C7H11NO5/c1-2-13-7(12)4(8)3-5(9)6(10)11/h4H,2-3,8H2,1H3,(H,10,11). The second-order valence-electron chi connectivity index (χ2n) is 2.29. The molecule has 0 amide bonds. The fourth-order valence-corrected chi connectivity index (χ4v) is 0.620. The largest absolute Gasteiger partial charge is 0.476 e. The number of esters is 1. The van der Waals surface area contributed by atoms with E-state index in [0.717, 1.165) is 0 Å². The zero-order valence-electron chi connectivity index (χ0n) is 7.15. The average Bonchev–Trinajstić information content (AvgIpc) is 2.04. The fourth-order valence-electron chi connectivity index (χ4n) is 0.620. The predicted octanol–water partition coefficient (Wildman–Crippen LogP) is -1.08. The fraction of sp³-hybridized carbons (Fsp3) is 0.571. The van der Waals surface area contributed by atoms with Gasteiger partial charge >= 0.3 is 11.9 Å². The smallest absolute Gasteiger partial charge is 0.372 e. The first-order valence-corrected chi connectivity index (χ1v) is 3.67. The monoisotopic (exact) mass is 189 g/mol. The van der Waals surface area contributed by atoms with Gasteiger partial charge in [0.05, 0.1) is 6.61 Å². The van der Waals surface area contributed by atoms with Gasteiger partial charge in [0.25, 0.3) is 0 Å². The van der Waals surface area contributed by atoms with Crippen molar-refractivity contribution in [3.8, 4) is 0 Å². The molecule has 0 rings (SSSR count). The van der Waals surface area contributed by atoms with E-state index in [1.807, 2.05) is 0 Å². The number of carboxylic acid groups (broad SMARTS) is 1. The van der Waals surface area contributed by atoms with Crippen molar-refractivity contribution in [3.05, 3.63) is 0 Å². The normalized spacial score (nSPS) is 11.8. The Hall–Kier alpha value is -1.43. The zero-order valence-corrected chi connectivity index (χ0v) is 7.15. The van der Waals surface area contributed by atoms with Crippen LogP contribution >= 0.6 is 0 Å². The Kier molecular flexibility index (Phi) is 4.68. The Labute approximate surface area is 74.7 Å². The summed E-state index contributed by atoms with van der Waals surface area (Å²) >= 11 is 0. The van der Waals surface area contributed by atoms with Crippen LogP contribution in [0.5, 0.6) is 0 Å². The lowest BCUT2D eigenvalue weighted by Gasteiger charge is -2.07. The van der Waals surface area contributed by atoms with Gasteiger partial charge in [-0.3, -0.25) is 9.59 Å². The lowest BCUT2D eigenvalue weighted by Crippen LogP contribution is -2.36. The average molecular weight is 189 g/mol. The summed E-state index contributed by atoms with van der Waals surface area (Å²) < 4.78 is 4.48. The number of Topliss-reactive ketones (excluding diaryl/α,β-unsaturated/α-hetero) is 1. The molecule has 0 aliphatic rings. The van der Waals surface area contributed by atoms with Crippen molar-refractivity contribution >= 4 is 17.7 Å². The number of carbonyl (C=O) groups excluding carboxylic acids is 2. The van der Waals surface area contributed by atoms with Crippen LogP contribution in [0.2, 0.25) is 0 Å². The summed E-state index contributed by atoms with van der Waals surface area (Å²) in [5, 5.41) is 8.19. The highest BCUT2D eigenvalue weighted by molar-refractivity contribution is 6.33. The topological polar surface area (TPSA) is 107 Å². The van der Waals surface area contributed by atoms with Crippen LogP contribution in [0.15, 0.2) is 0 Å². The molecular formula is C7H11NO5. The van der Waals surface area contributed by atoms with E-state index in [9.17, 15) is 14.4 Å². The molecule has 0 aromatic carbocycles. The Morgan fingerprint density at radius 2 is 2.00 bits per heavy atom. The van der Waals surface area contributed by atoms with Crippen molar-refractivity contribution in [3.63, 3.8) is 0 Å². The summed E-state index contributed by atoms with van der Waals surface area (Å²) in [7, 11) is 0. The third-order valence-electron chi connectivity index (χ3n) is 1.23. The second-order valence-corrected chi connectivity index (χ2v) is 2.29. The van der Waals surface area contributed by atoms with Crippen LogP contribution in [0.4, 0.5) is 0 Å². The molecule has 74 valence electrons. The third kappa shape index (κ3) is 4.22. The van der Waals surface area contributed by atoms with Crippen molar-refractivity contribution < 1.29 is 24.2 Å². The van der Waals surface area contributed by atoms with Gasteiger partial charge in [0, 0.05) is 6.42 Å². The molecule has 0 fully saturated rings. The molecule has 0 aromatic heterocycles. The van der Waals surface area contributed by atoms with Gasteiger partial charge in [-0.2, -0.15) is 0 Å². The summed E-state index contributed by atoms with van der Waals surface area (Å²) in [6.07, 6.45) is -0.534. The number of carboxylic acids is 1. The van der Waals surface area contributed by atoms with Crippen molar-refractivity contribution in [1.29, 1.82) is 0 Å². The first-order chi connectivity index (χ1) is 5.99. The molecule has 13 heavy (non-hydrogen) atoms. The van der Waals surface area contributed by atoms with Gasteiger partial charge in [-0.1, -0.05) is 0 Å². The van der Waals surface area contributed by atoms with Gasteiger partial charge in [-0.05, 0) is 6.92 Å². The molecule has 3 N–H and O–H groups in total. The predicted molar refractivity (Wildman–Crippen MR) is 41.9 cm³/mol. The van der Waals surface area contributed by atoms with Crippen molar-refractivity contribution in [2.45, 2.75) is 19.4 Å². The molecule has 0 aliphatic carbocycles. The number of nitrogens with two attached hydrogens (primary N) is 1. The van der Waals surface area contributed by atoms with E-state index in [2.05, 4.69) is 4.74 Å².